The Hall–Kier alpha value is -8.65. The van der Waals surface area contributed by atoms with Crippen molar-refractivity contribution < 1.29 is 76.6 Å². The summed E-state index contributed by atoms with van der Waals surface area (Å²) in [5, 5.41) is 12.4. The highest BCUT2D eigenvalue weighted by Gasteiger charge is 2.39. The van der Waals surface area contributed by atoms with Crippen LogP contribution in [0.2, 0.25) is 0 Å². The molecule has 0 heterocycles. The summed E-state index contributed by atoms with van der Waals surface area (Å²) in [4.78, 5) is 196. The van der Waals surface area contributed by atoms with E-state index in [0.29, 0.717) is 5.56 Å². The number of carbonyl (C=O) groups is 14. The molecule has 0 radical (unpaired) electrons. The van der Waals surface area contributed by atoms with Crippen molar-refractivity contribution in [2.24, 2.45) is 35.3 Å². The van der Waals surface area contributed by atoms with Gasteiger partial charge in [-0.1, -0.05) is 144 Å². The predicted octanol–water partition coefficient (Wildman–Crippen LogP) is 6.04. The average Bonchev–Trinajstić information content (AvgIpc) is 0.847. The fraction of sp³-hybridized carbons (Fsp3) is 0.568. The Kier molecular flexibility index (Phi) is 35.2. The molecule has 7 N–H and O–H groups in total. The Morgan fingerprint density at radius 3 is 1.59 bits per heavy atom. The van der Waals surface area contributed by atoms with Gasteiger partial charge in [0, 0.05) is 83.2 Å². The summed E-state index contributed by atoms with van der Waals surface area (Å²) in [5.74, 6) is -11.3. The van der Waals surface area contributed by atoms with Crippen LogP contribution in [0.25, 0.3) is 0 Å². The minimum absolute atomic E-state index is 0.0333. The molecule has 0 bridgehead atoms. The van der Waals surface area contributed by atoms with Crippen LogP contribution in [0, 0.1) is 29.6 Å². The van der Waals surface area contributed by atoms with Crippen LogP contribution in [0.15, 0.2) is 91.0 Å². The summed E-state index contributed by atoms with van der Waals surface area (Å²) in [6, 6.07) is 19.3. The number of ether oxygens (including phenoxy) is 2. The van der Waals surface area contributed by atoms with Crippen LogP contribution >= 0.6 is 11.8 Å². The number of Topliss-reactive ketones (excluding diaryl/α,β-unsaturated/α-hetero) is 4. The Balaban J connectivity index is 1.86. The second-order valence-corrected chi connectivity index (χ2v) is 29.4. The van der Waals surface area contributed by atoms with E-state index in [1.165, 1.54) is 44.8 Å². The summed E-state index contributed by atoms with van der Waals surface area (Å²) >= 11 is 0.908. The van der Waals surface area contributed by atoms with Crippen LogP contribution < -0.4 is 32.3 Å². The number of likely N-dealkylation sites (N-methyl/N-ethyl adjacent to an activating group) is 3. The SMILES string of the molecule is CC(C)C[C@@H](C(=O)C[C@@H](C)C(=O)N[C@H](C(=O)C[C@@H](Cc1ccccc1)C(=O)N[C@@H](CC(=O)SCc1ccccc1)C(=O)N(C)[C@@H](C)C(=O)N[C@@H](COC(C)(C)C)C(=O)NCC(N)=O)C(C)C)N(C)C(=O)CCC(=O)[C@H](Cc1ccccc1)N(C)C(=O)[C@H](C)CC(=O)CNC(=O)OC(C)(C)C. The first-order valence-corrected chi connectivity index (χ1v) is 34.9. The molecule has 3 aromatic carbocycles. The first-order valence-electron chi connectivity index (χ1n) is 33.9. The lowest BCUT2D eigenvalue weighted by atomic mass is 9.87. The fourth-order valence-electron chi connectivity index (χ4n) is 10.6. The molecule has 0 spiro atoms. The summed E-state index contributed by atoms with van der Waals surface area (Å²) in [6.45, 7) is 20.5. The van der Waals surface area contributed by atoms with E-state index in [9.17, 15) is 67.1 Å². The summed E-state index contributed by atoms with van der Waals surface area (Å²) in [7, 11) is 4.20. The van der Waals surface area contributed by atoms with Crippen molar-refractivity contribution in [1.82, 2.24) is 41.3 Å². The van der Waals surface area contributed by atoms with Crippen LogP contribution in [0.5, 0.6) is 0 Å². The van der Waals surface area contributed by atoms with Gasteiger partial charge in [-0.3, -0.25) is 62.3 Å². The highest BCUT2D eigenvalue weighted by atomic mass is 32.2. The van der Waals surface area contributed by atoms with Crippen molar-refractivity contribution in [2.45, 2.75) is 201 Å². The normalized spacial score (nSPS) is 14.2. The van der Waals surface area contributed by atoms with E-state index in [2.05, 4.69) is 26.6 Å². The van der Waals surface area contributed by atoms with E-state index in [1.54, 1.807) is 135 Å². The molecule has 550 valence electrons. The number of thioether (sulfide) groups is 1. The first-order chi connectivity index (χ1) is 46.7. The number of benzene rings is 3. The number of nitrogens with two attached hydrogens (primary N) is 1. The van der Waals surface area contributed by atoms with E-state index in [0.717, 1.165) is 27.8 Å². The first kappa shape index (κ1) is 85.6. The fourth-order valence-corrected chi connectivity index (χ4v) is 11.4. The van der Waals surface area contributed by atoms with Gasteiger partial charge in [-0.05, 0) is 96.3 Å². The van der Waals surface area contributed by atoms with Gasteiger partial charge in [0.25, 0.3) is 0 Å². The number of alkyl carbamates (subject to hydrolysis) is 1. The van der Waals surface area contributed by atoms with Gasteiger partial charge in [-0.15, -0.1) is 0 Å². The third-order valence-electron chi connectivity index (χ3n) is 16.5. The number of hydrogen-bond acceptors (Lipinski definition) is 17. The summed E-state index contributed by atoms with van der Waals surface area (Å²) in [6.07, 6.45) is -2.76. The Labute approximate surface area is 593 Å². The molecule has 9 amide bonds. The van der Waals surface area contributed by atoms with Gasteiger partial charge >= 0.3 is 6.09 Å². The maximum absolute atomic E-state index is 14.9. The summed E-state index contributed by atoms with van der Waals surface area (Å²) < 4.78 is 11.0. The maximum atomic E-state index is 14.9. The van der Waals surface area contributed by atoms with E-state index in [4.69, 9.17) is 15.2 Å². The highest BCUT2D eigenvalue weighted by Crippen LogP contribution is 2.24. The molecule has 0 fully saturated rings. The number of primary amides is 1. The summed E-state index contributed by atoms with van der Waals surface area (Å²) in [5.41, 5.74) is 5.89. The molecule has 0 aliphatic rings. The molecule has 3 rings (SSSR count). The molecule has 26 heteroatoms. The number of rotatable bonds is 41. The molecular formula is C74H107N9O16S. The van der Waals surface area contributed by atoms with Crippen LogP contribution in [0.1, 0.15) is 152 Å². The minimum Gasteiger partial charge on any atom is -0.444 e. The van der Waals surface area contributed by atoms with Crippen LogP contribution in [-0.2, 0) is 90.4 Å². The molecular weight excluding hydrogens is 1300 g/mol. The molecule has 100 heavy (non-hydrogen) atoms. The number of ketones is 4. The van der Waals surface area contributed by atoms with Gasteiger partial charge in [0.15, 0.2) is 28.2 Å². The second kappa shape index (κ2) is 41.2. The van der Waals surface area contributed by atoms with Crippen molar-refractivity contribution in [3.8, 4) is 0 Å². The topological polar surface area (TPSA) is 353 Å². The molecule has 0 aliphatic heterocycles. The largest absolute Gasteiger partial charge is 0.444 e. The maximum Gasteiger partial charge on any atom is 0.408 e. The number of hydrogen-bond donors (Lipinski definition) is 6. The molecule has 0 unspecified atom stereocenters. The third-order valence-corrected chi connectivity index (χ3v) is 17.4. The molecule has 3 aromatic rings. The zero-order valence-corrected chi connectivity index (χ0v) is 61.9. The number of nitrogens with zero attached hydrogens (tertiary/aromatic N) is 3. The van der Waals surface area contributed by atoms with Gasteiger partial charge < -0.3 is 56.5 Å². The van der Waals surface area contributed by atoms with Crippen LogP contribution in [0.3, 0.4) is 0 Å². The van der Waals surface area contributed by atoms with Gasteiger partial charge in [0.1, 0.15) is 23.7 Å². The van der Waals surface area contributed by atoms with E-state index in [-0.39, 0.29) is 69.8 Å². The van der Waals surface area contributed by atoms with E-state index < -0.39 is 172 Å². The monoisotopic (exact) mass is 1410 g/mol. The van der Waals surface area contributed by atoms with E-state index >= 15 is 0 Å². The van der Waals surface area contributed by atoms with Crippen molar-refractivity contribution in [2.75, 3.05) is 40.8 Å². The smallest absolute Gasteiger partial charge is 0.408 e. The molecule has 0 saturated carbocycles. The standard InChI is InChI=1S/C74H107N9O16S/c1-45(2)34-57(82(15)63(89)33-32-59(85)58(38-51-28-22-18-23-29-51)83(16)70(95)48(6)35-54(84)41-77-72(97)99-74(11,12)13)60(86)36-47(5)66(91)80-65(46(3)4)61(87)39-53(37-50-26-20-17-21-27-50)68(93)78-55(40-64(90)100-44-52-30-24-19-25-31-52)71(96)81(14)49(7)67(92)79-56(43-98-73(8,9)10)69(94)76-42-62(75)88/h17-31,45-49,53,55-58,65H,32-44H2,1-16H3,(H2,75,88)(H,76,94)(H,77,97)(H,78,93)(H,79,92)(H,80,91)/t47-,48-,49+,53-,55+,56+,57+,58+,65+/m1/s1. The average molecular weight is 1410 g/mol. The number of carbonyl (C=O) groups excluding carboxylic acids is 14. The molecule has 0 saturated heterocycles. The molecule has 0 aliphatic carbocycles. The highest BCUT2D eigenvalue weighted by molar-refractivity contribution is 8.12. The third kappa shape index (κ3) is 30.9. The van der Waals surface area contributed by atoms with Crippen molar-refractivity contribution in [3.05, 3.63) is 108 Å². The zero-order valence-electron chi connectivity index (χ0n) is 61.1. The van der Waals surface area contributed by atoms with Crippen molar-refractivity contribution >= 4 is 93.4 Å². The lowest BCUT2D eigenvalue weighted by molar-refractivity contribution is -0.144. The number of nitrogens with one attached hydrogen (secondary N) is 5. The molecule has 0 aromatic heterocycles. The minimum atomic E-state index is -1.59. The molecule has 25 nitrogen and oxygen atoms in total. The van der Waals surface area contributed by atoms with E-state index in [1.807, 2.05) is 32.0 Å². The Morgan fingerprint density at radius 2 is 1.06 bits per heavy atom. The second-order valence-electron chi connectivity index (χ2n) is 28.3. The lowest BCUT2D eigenvalue weighted by Gasteiger charge is -2.31. The quantitative estimate of drug-likeness (QED) is 0.0377. The van der Waals surface area contributed by atoms with Crippen molar-refractivity contribution in [1.29, 1.82) is 0 Å². The Bertz CT molecular complexity index is 3280. The number of amides is 9. The molecule has 9 atom stereocenters. The predicted molar refractivity (Wildman–Crippen MR) is 380 cm³/mol. The van der Waals surface area contributed by atoms with Crippen molar-refractivity contribution in [3.63, 3.8) is 0 Å². The van der Waals surface area contributed by atoms with Gasteiger partial charge in [-0.2, -0.15) is 0 Å². The van der Waals surface area contributed by atoms with Gasteiger partial charge in [-0.25, -0.2) is 4.79 Å². The lowest BCUT2D eigenvalue weighted by Crippen LogP contribution is -2.58. The van der Waals surface area contributed by atoms with Crippen LogP contribution in [-0.4, -0.2) is 185 Å². The van der Waals surface area contributed by atoms with Gasteiger partial charge in [0.05, 0.1) is 43.4 Å². The van der Waals surface area contributed by atoms with Gasteiger partial charge in [0.2, 0.25) is 47.3 Å². The Morgan fingerprint density at radius 1 is 0.510 bits per heavy atom. The zero-order chi connectivity index (χ0) is 75.4. The van der Waals surface area contributed by atoms with Crippen LogP contribution in [0.4, 0.5) is 4.79 Å².